The summed E-state index contributed by atoms with van der Waals surface area (Å²) in [6.45, 7) is -0.251. The zero-order chi connectivity index (χ0) is 14.2. The van der Waals surface area contributed by atoms with Crippen molar-refractivity contribution in [2.75, 3.05) is 6.54 Å². The lowest BCUT2D eigenvalue weighted by Gasteiger charge is -2.22. The van der Waals surface area contributed by atoms with Crippen molar-refractivity contribution in [1.29, 1.82) is 0 Å². The Hall–Kier alpha value is -1.69. The average molecular weight is 289 g/mol. The smallest absolute Gasteiger partial charge is 0.256 e. The number of rotatable bonds is 2. The maximum Gasteiger partial charge on any atom is 0.256 e. The van der Waals surface area contributed by atoms with Gasteiger partial charge in [-0.15, -0.1) is 0 Å². The van der Waals surface area contributed by atoms with Gasteiger partial charge in [0.1, 0.15) is 18.0 Å². The zero-order valence-corrected chi connectivity index (χ0v) is 10.5. The summed E-state index contributed by atoms with van der Waals surface area (Å²) in [6.07, 6.45) is -1.47. The topological polar surface area (TPSA) is 63.4 Å². The fraction of sp³-hybridized carbons (Fsp3) is 0.333. The molecule has 1 aliphatic rings. The normalized spacial score (nSPS) is 22.6. The van der Waals surface area contributed by atoms with Crippen LogP contribution in [0.25, 0.3) is 0 Å². The number of hydrogen-bond acceptors (Lipinski definition) is 2. The van der Waals surface area contributed by atoms with Gasteiger partial charge < -0.3 is 10.6 Å². The lowest BCUT2D eigenvalue weighted by molar-refractivity contribution is -0.121. The molecule has 2 amide bonds. The molecule has 0 spiro atoms. The van der Waals surface area contributed by atoms with Crippen molar-refractivity contribution in [3.63, 3.8) is 0 Å². The Bertz CT molecular complexity index is 538. The molecule has 7 heteroatoms. The maximum absolute atomic E-state index is 13.3. The monoisotopic (exact) mass is 288 g/mol. The van der Waals surface area contributed by atoms with Gasteiger partial charge in [-0.2, -0.15) is 0 Å². The van der Waals surface area contributed by atoms with Crippen LogP contribution in [0.4, 0.5) is 8.78 Å². The highest BCUT2D eigenvalue weighted by Gasteiger charge is 2.39. The molecule has 2 atom stereocenters. The number of carbonyl (C=O) groups is 2. The number of likely N-dealkylation sites (tertiary alicyclic amines) is 1. The van der Waals surface area contributed by atoms with E-state index >= 15 is 0 Å². The highest BCUT2D eigenvalue weighted by Crippen LogP contribution is 2.26. The van der Waals surface area contributed by atoms with Gasteiger partial charge in [-0.05, 0) is 12.1 Å². The Labute approximate surface area is 113 Å². The summed E-state index contributed by atoms with van der Waals surface area (Å²) < 4.78 is 26.6. The van der Waals surface area contributed by atoms with E-state index in [1.54, 1.807) is 0 Å². The van der Waals surface area contributed by atoms with Crippen molar-refractivity contribution < 1.29 is 18.4 Å². The second kappa shape index (κ2) is 5.13. The molecule has 0 unspecified atom stereocenters. The Kier molecular flexibility index (Phi) is 3.71. The van der Waals surface area contributed by atoms with E-state index < -0.39 is 29.8 Å². The van der Waals surface area contributed by atoms with Crippen LogP contribution >= 0.6 is 11.6 Å². The Morgan fingerprint density at radius 3 is 2.74 bits per heavy atom. The third kappa shape index (κ3) is 2.53. The number of nitrogens with two attached hydrogens (primary N) is 1. The second-order valence-corrected chi connectivity index (χ2v) is 4.69. The predicted molar refractivity (Wildman–Crippen MR) is 64.9 cm³/mol. The van der Waals surface area contributed by atoms with Crippen molar-refractivity contribution in [3.05, 3.63) is 34.6 Å². The van der Waals surface area contributed by atoms with Crippen molar-refractivity contribution in [1.82, 2.24) is 4.90 Å². The number of carbonyl (C=O) groups excluding carboxylic acids is 2. The number of amides is 2. The molecule has 1 fully saturated rings. The molecule has 0 bridgehead atoms. The Morgan fingerprint density at radius 1 is 1.42 bits per heavy atom. The average Bonchev–Trinajstić information content (AvgIpc) is 2.74. The molecule has 19 heavy (non-hydrogen) atoms. The third-order valence-corrected chi connectivity index (χ3v) is 3.41. The molecule has 2 rings (SSSR count). The van der Waals surface area contributed by atoms with E-state index in [-0.39, 0.29) is 23.6 Å². The summed E-state index contributed by atoms with van der Waals surface area (Å²) in [6, 6.07) is 2.71. The minimum atomic E-state index is -1.33. The van der Waals surface area contributed by atoms with Crippen LogP contribution in [-0.2, 0) is 4.79 Å². The van der Waals surface area contributed by atoms with Gasteiger partial charge in [-0.3, -0.25) is 9.59 Å². The molecule has 102 valence electrons. The van der Waals surface area contributed by atoms with Crippen LogP contribution in [0.5, 0.6) is 0 Å². The standard InChI is InChI=1S/C12H11ClF2N2O2/c13-10-7(2-1-3-8(10)15)12(19)17-5-6(14)4-9(17)11(16)18/h1-3,6,9H,4-5H2,(H2,16,18)/t6-,9+/m1/s1. The number of nitrogens with zero attached hydrogens (tertiary/aromatic N) is 1. The minimum Gasteiger partial charge on any atom is -0.368 e. The number of benzene rings is 1. The highest BCUT2D eigenvalue weighted by atomic mass is 35.5. The largest absolute Gasteiger partial charge is 0.368 e. The van der Waals surface area contributed by atoms with E-state index in [2.05, 4.69) is 0 Å². The van der Waals surface area contributed by atoms with E-state index in [1.165, 1.54) is 12.1 Å². The lowest BCUT2D eigenvalue weighted by atomic mass is 10.1. The van der Waals surface area contributed by atoms with Crippen molar-refractivity contribution >= 4 is 23.4 Å². The molecular weight excluding hydrogens is 278 g/mol. The van der Waals surface area contributed by atoms with Crippen molar-refractivity contribution in [3.8, 4) is 0 Å². The number of halogens is 3. The molecular formula is C12H11ClF2N2O2. The van der Waals surface area contributed by atoms with Crippen LogP contribution in [0.1, 0.15) is 16.8 Å². The van der Waals surface area contributed by atoms with Gasteiger partial charge in [0.25, 0.3) is 5.91 Å². The molecule has 0 radical (unpaired) electrons. The van der Waals surface area contributed by atoms with E-state index in [4.69, 9.17) is 17.3 Å². The van der Waals surface area contributed by atoms with E-state index in [9.17, 15) is 18.4 Å². The summed E-state index contributed by atoms with van der Waals surface area (Å²) in [5.41, 5.74) is 5.02. The van der Waals surface area contributed by atoms with Gasteiger partial charge in [-0.25, -0.2) is 8.78 Å². The van der Waals surface area contributed by atoms with Crippen molar-refractivity contribution in [2.45, 2.75) is 18.6 Å². The maximum atomic E-state index is 13.3. The Balaban J connectivity index is 2.33. The summed E-state index contributed by atoms with van der Waals surface area (Å²) >= 11 is 5.70. The number of primary amides is 1. The van der Waals surface area contributed by atoms with Gasteiger partial charge in [0.05, 0.1) is 17.1 Å². The summed E-state index contributed by atoms with van der Waals surface area (Å²) in [5, 5.41) is -0.349. The highest BCUT2D eigenvalue weighted by molar-refractivity contribution is 6.34. The van der Waals surface area contributed by atoms with E-state index in [0.717, 1.165) is 11.0 Å². The predicted octanol–water partition coefficient (Wildman–Crippen LogP) is 1.52. The molecule has 2 N–H and O–H groups in total. The first kappa shape index (κ1) is 13.7. The first-order chi connectivity index (χ1) is 8.91. The molecule has 0 aliphatic carbocycles. The SMILES string of the molecule is NC(=O)[C@@H]1C[C@@H](F)CN1C(=O)c1cccc(F)c1Cl. The van der Waals surface area contributed by atoms with Gasteiger partial charge in [0.2, 0.25) is 5.91 Å². The quantitative estimate of drug-likeness (QED) is 0.897. The van der Waals surface area contributed by atoms with Crippen LogP contribution < -0.4 is 5.73 Å². The van der Waals surface area contributed by atoms with E-state index in [0.29, 0.717) is 0 Å². The summed E-state index contributed by atoms with van der Waals surface area (Å²) in [5.74, 6) is -2.24. The Morgan fingerprint density at radius 2 is 2.11 bits per heavy atom. The van der Waals surface area contributed by atoms with Crippen LogP contribution in [-0.4, -0.2) is 35.5 Å². The van der Waals surface area contributed by atoms with Gasteiger partial charge in [0.15, 0.2) is 0 Å². The first-order valence-electron chi connectivity index (χ1n) is 5.60. The van der Waals surface area contributed by atoms with Crippen LogP contribution in [0, 0.1) is 5.82 Å². The molecule has 1 aromatic carbocycles. The van der Waals surface area contributed by atoms with Crippen molar-refractivity contribution in [2.24, 2.45) is 5.73 Å². The molecule has 1 heterocycles. The molecule has 1 aliphatic heterocycles. The minimum absolute atomic E-state index is 0.109. The van der Waals surface area contributed by atoms with E-state index in [1.807, 2.05) is 0 Å². The second-order valence-electron chi connectivity index (χ2n) is 4.31. The molecule has 0 saturated carbocycles. The van der Waals surface area contributed by atoms with Crippen LogP contribution in [0.3, 0.4) is 0 Å². The molecule has 1 aromatic rings. The molecule has 4 nitrogen and oxygen atoms in total. The molecule has 0 aromatic heterocycles. The fourth-order valence-corrected chi connectivity index (χ4v) is 2.31. The number of alkyl halides is 1. The van der Waals surface area contributed by atoms with Crippen LogP contribution in [0.2, 0.25) is 5.02 Å². The van der Waals surface area contributed by atoms with Crippen LogP contribution in [0.15, 0.2) is 18.2 Å². The summed E-state index contributed by atoms with van der Waals surface area (Å²) in [7, 11) is 0. The summed E-state index contributed by atoms with van der Waals surface area (Å²) in [4.78, 5) is 24.4. The van der Waals surface area contributed by atoms with Gasteiger partial charge >= 0.3 is 0 Å². The molecule has 1 saturated heterocycles. The van der Waals surface area contributed by atoms with Gasteiger partial charge in [-0.1, -0.05) is 17.7 Å². The lowest BCUT2D eigenvalue weighted by Crippen LogP contribution is -2.43. The fourth-order valence-electron chi connectivity index (χ4n) is 2.10. The first-order valence-corrected chi connectivity index (χ1v) is 5.98. The third-order valence-electron chi connectivity index (χ3n) is 3.02. The zero-order valence-electron chi connectivity index (χ0n) is 9.78. The van der Waals surface area contributed by atoms with Gasteiger partial charge in [0, 0.05) is 6.42 Å². The number of hydrogen-bond donors (Lipinski definition) is 1.